The lowest BCUT2D eigenvalue weighted by atomic mass is 10.2. The largest absolute Gasteiger partial charge is 0.383 e. The second-order valence-electron chi connectivity index (χ2n) is 5.47. The molecule has 1 atom stereocenters. The van der Waals surface area contributed by atoms with Crippen LogP contribution in [0.3, 0.4) is 0 Å². The zero-order valence-corrected chi connectivity index (χ0v) is 12.7. The lowest BCUT2D eigenvalue weighted by Gasteiger charge is -2.36. The van der Waals surface area contributed by atoms with E-state index in [0.29, 0.717) is 6.04 Å². The van der Waals surface area contributed by atoms with Crippen molar-refractivity contribution in [1.82, 2.24) is 10.2 Å². The van der Waals surface area contributed by atoms with Gasteiger partial charge in [0.15, 0.2) is 0 Å². The first-order chi connectivity index (χ1) is 9.79. The van der Waals surface area contributed by atoms with Crippen LogP contribution in [0.25, 0.3) is 0 Å². The fourth-order valence-electron chi connectivity index (χ4n) is 2.65. The fraction of sp³-hybridized carbons (Fsp3) is 0.625. The van der Waals surface area contributed by atoms with Crippen LogP contribution in [0.4, 0.5) is 5.69 Å². The number of ether oxygens (including phenoxy) is 1. The van der Waals surface area contributed by atoms with Crippen molar-refractivity contribution in [2.75, 3.05) is 57.9 Å². The SMILES string of the molecule is COCC(C)NCCN1CCN(c2ccccc2)CC1. The Morgan fingerprint density at radius 2 is 1.85 bits per heavy atom. The molecule has 0 aliphatic carbocycles. The molecule has 1 aliphatic heterocycles. The Labute approximate surface area is 122 Å². The third-order valence-electron chi connectivity index (χ3n) is 3.83. The minimum absolute atomic E-state index is 0.436. The Balaban J connectivity index is 1.65. The van der Waals surface area contributed by atoms with Gasteiger partial charge in [0.25, 0.3) is 0 Å². The normalized spacial score (nSPS) is 18.2. The van der Waals surface area contributed by atoms with Crippen LogP contribution in [-0.4, -0.2) is 63.9 Å². The van der Waals surface area contributed by atoms with Crippen molar-refractivity contribution in [1.29, 1.82) is 0 Å². The van der Waals surface area contributed by atoms with E-state index in [1.165, 1.54) is 5.69 Å². The summed E-state index contributed by atoms with van der Waals surface area (Å²) in [4.78, 5) is 5.00. The third kappa shape index (κ3) is 4.78. The molecule has 0 spiro atoms. The van der Waals surface area contributed by atoms with Crippen LogP contribution < -0.4 is 10.2 Å². The molecule has 0 bridgehead atoms. The predicted molar refractivity (Wildman–Crippen MR) is 84.4 cm³/mol. The highest BCUT2D eigenvalue weighted by Gasteiger charge is 2.16. The van der Waals surface area contributed by atoms with E-state index in [4.69, 9.17) is 4.74 Å². The van der Waals surface area contributed by atoms with Crippen LogP contribution >= 0.6 is 0 Å². The number of para-hydroxylation sites is 1. The molecule has 1 saturated heterocycles. The molecule has 1 heterocycles. The molecule has 0 amide bonds. The van der Waals surface area contributed by atoms with Crippen molar-refractivity contribution >= 4 is 5.69 Å². The topological polar surface area (TPSA) is 27.7 Å². The summed E-state index contributed by atoms with van der Waals surface area (Å²) in [6, 6.07) is 11.1. The van der Waals surface area contributed by atoms with E-state index >= 15 is 0 Å². The highest BCUT2D eigenvalue weighted by atomic mass is 16.5. The predicted octanol–water partition coefficient (Wildman–Crippen LogP) is 1.43. The Hall–Kier alpha value is -1.10. The Bertz CT molecular complexity index is 363. The first kappa shape index (κ1) is 15.3. The number of rotatable bonds is 7. The summed E-state index contributed by atoms with van der Waals surface area (Å²) in [6.07, 6.45) is 0. The summed E-state index contributed by atoms with van der Waals surface area (Å²) in [7, 11) is 1.75. The Kier molecular flexibility index (Phi) is 6.30. The van der Waals surface area contributed by atoms with Gasteiger partial charge >= 0.3 is 0 Å². The van der Waals surface area contributed by atoms with Crippen molar-refractivity contribution in [2.45, 2.75) is 13.0 Å². The molecule has 1 fully saturated rings. The van der Waals surface area contributed by atoms with E-state index < -0.39 is 0 Å². The number of hydrogen-bond acceptors (Lipinski definition) is 4. The van der Waals surface area contributed by atoms with Crippen molar-refractivity contribution in [3.8, 4) is 0 Å². The van der Waals surface area contributed by atoms with Gasteiger partial charge in [0, 0.05) is 58.1 Å². The van der Waals surface area contributed by atoms with Gasteiger partial charge in [-0.1, -0.05) is 18.2 Å². The molecule has 0 saturated carbocycles. The van der Waals surface area contributed by atoms with Gasteiger partial charge in [0.05, 0.1) is 6.61 Å². The van der Waals surface area contributed by atoms with E-state index in [1.54, 1.807) is 7.11 Å². The van der Waals surface area contributed by atoms with Gasteiger partial charge in [-0.2, -0.15) is 0 Å². The molecule has 112 valence electrons. The zero-order chi connectivity index (χ0) is 14.2. The van der Waals surface area contributed by atoms with Gasteiger partial charge in [-0.25, -0.2) is 0 Å². The molecular formula is C16H27N3O. The molecule has 1 N–H and O–H groups in total. The van der Waals surface area contributed by atoms with Crippen LogP contribution in [0, 0.1) is 0 Å². The van der Waals surface area contributed by atoms with Gasteiger partial charge in [-0.05, 0) is 19.1 Å². The van der Waals surface area contributed by atoms with E-state index in [0.717, 1.165) is 45.9 Å². The van der Waals surface area contributed by atoms with Gasteiger partial charge in [0.1, 0.15) is 0 Å². The lowest BCUT2D eigenvalue weighted by molar-refractivity contribution is 0.168. The summed E-state index contributed by atoms with van der Waals surface area (Å²) < 4.78 is 5.13. The highest BCUT2D eigenvalue weighted by Crippen LogP contribution is 2.15. The van der Waals surface area contributed by atoms with Crippen LogP contribution in [0.1, 0.15) is 6.92 Å². The summed E-state index contributed by atoms with van der Waals surface area (Å²) in [5, 5.41) is 3.49. The van der Waals surface area contributed by atoms with Crippen LogP contribution in [0.15, 0.2) is 30.3 Å². The second kappa shape index (κ2) is 8.25. The standard InChI is InChI=1S/C16H27N3O/c1-15(14-20-2)17-8-9-18-10-12-19(13-11-18)16-6-4-3-5-7-16/h3-7,15,17H,8-14H2,1-2H3. The number of methoxy groups -OCH3 is 1. The fourth-order valence-corrected chi connectivity index (χ4v) is 2.65. The minimum Gasteiger partial charge on any atom is -0.383 e. The molecule has 0 aromatic heterocycles. The smallest absolute Gasteiger partial charge is 0.0613 e. The van der Waals surface area contributed by atoms with Crippen molar-refractivity contribution in [2.24, 2.45) is 0 Å². The average molecular weight is 277 g/mol. The van der Waals surface area contributed by atoms with Crippen LogP contribution in [-0.2, 0) is 4.74 Å². The zero-order valence-electron chi connectivity index (χ0n) is 12.7. The van der Waals surface area contributed by atoms with Gasteiger partial charge in [-0.15, -0.1) is 0 Å². The quantitative estimate of drug-likeness (QED) is 0.816. The van der Waals surface area contributed by atoms with E-state index in [-0.39, 0.29) is 0 Å². The average Bonchev–Trinajstić information content (AvgIpc) is 2.49. The molecule has 20 heavy (non-hydrogen) atoms. The molecule has 1 unspecified atom stereocenters. The number of benzene rings is 1. The molecule has 0 radical (unpaired) electrons. The van der Waals surface area contributed by atoms with Crippen molar-refractivity contribution < 1.29 is 4.74 Å². The Morgan fingerprint density at radius 1 is 1.15 bits per heavy atom. The lowest BCUT2D eigenvalue weighted by Crippen LogP contribution is -2.48. The molecule has 4 heteroatoms. The van der Waals surface area contributed by atoms with Gasteiger partial charge < -0.3 is 15.0 Å². The molecule has 1 aromatic rings. The first-order valence-electron chi connectivity index (χ1n) is 7.54. The maximum atomic E-state index is 5.13. The summed E-state index contributed by atoms with van der Waals surface area (Å²) in [6.45, 7) is 9.64. The minimum atomic E-state index is 0.436. The maximum Gasteiger partial charge on any atom is 0.0613 e. The molecule has 1 aromatic carbocycles. The Morgan fingerprint density at radius 3 is 2.50 bits per heavy atom. The molecule has 4 nitrogen and oxygen atoms in total. The maximum absolute atomic E-state index is 5.13. The number of hydrogen-bond donors (Lipinski definition) is 1. The highest BCUT2D eigenvalue weighted by molar-refractivity contribution is 5.46. The van der Waals surface area contributed by atoms with E-state index in [1.807, 2.05) is 0 Å². The van der Waals surface area contributed by atoms with Gasteiger partial charge in [-0.3, -0.25) is 4.90 Å². The summed E-state index contributed by atoms with van der Waals surface area (Å²) >= 11 is 0. The van der Waals surface area contributed by atoms with E-state index in [2.05, 4.69) is 52.4 Å². The van der Waals surface area contributed by atoms with Crippen LogP contribution in [0.2, 0.25) is 0 Å². The van der Waals surface area contributed by atoms with Crippen molar-refractivity contribution in [3.05, 3.63) is 30.3 Å². The molecular weight excluding hydrogens is 250 g/mol. The molecule has 2 rings (SSSR count). The summed E-state index contributed by atoms with van der Waals surface area (Å²) in [5.41, 5.74) is 1.35. The van der Waals surface area contributed by atoms with Crippen LogP contribution in [0.5, 0.6) is 0 Å². The number of nitrogens with one attached hydrogen (secondary N) is 1. The molecule has 1 aliphatic rings. The number of piperazine rings is 1. The van der Waals surface area contributed by atoms with Gasteiger partial charge in [0.2, 0.25) is 0 Å². The van der Waals surface area contributed by atoms with E-state index in [9.17, 15) is 0 Å². The third-order valence-corrected chi connectivity index (χ3v) is 3.83. The number of anilines is 1. The second-order valence-corrected chi connectivity index (χ2v) is 5.47. The first-order valence-corrected chi connectivity index (χ1v) is 7.54. The monoisotopic (exact) mass is 277 g/mol. The number of nitrogens with zero attached hydrogens (tertiary/aromatic N) is 2. The summed E-state index contributed by atoms with van der Waals surface area (Å²) in [5.74, 6) is 0. The van der Waals surface area contributed by atoms with Crippen molar-refractivity contribution in [3.63, 3.8) is 0 Å².